The van der Waals surface area contributed by atoms with E-state index in [-0.39, 0.29) is 11.9 Å². The first-order chi connectivity index (χ1) is 8.65. The minimum Gasteiger partial charge on any atom is -0.368 e. The maximum Gasteiger partial charge on any atom is 0.239 e. The van der Waals surface area contributed by atoms with Crippen LogP contribution in [0.2, 0.25) is 0 Å². The number of fused-ring (bicyclic) bond motifs is 1. The third-order valence-electron chi connectivity index (χ3n) is 2.97. The molecular formula is C13H17N3OS. The van der Waals surface area contributed by atoms with Crippen LogP contribution >= 0.6 is 11.5 Å². The van der Waals surface area contributed by atoms with Gasteiger partial charge in [0.1, 0.15) is 6.04 Å². The lowest BCUT2D eigenvalue weighted by Crippen LogP contribution is -2.43. The van der Waals surface area contributed by atoms with Gasteiger partial charge in [-0.3, -0.25) is 4.79 Å². The molecule has 0 fully saturated rings. The highest BCUT2D eigenvalue weighted by molar-refractivity contribution is 7.13. The number of primary amides is 1. The average molecular weight is 263 g/mol. The lowest BCUT2D eigenvalue weighted by atomic mass is 10.2. The summed E-state index contributed by atoms with van der Waals surface area (Å²) in [7, 11) is 0. The fraction of sp³-hybridized carbons (Fsp3) is 0.385. The van der Waals surface area contributed by atoms with Gasteiger partial charge < -0.3 is 10.6 Å². The van der Waals surface area contributed by atoms with Crippen molar-refractivity contribution in [2.24, 2.45) is 5.73 Å². The van der Waals surface area contributed by atoms with Crippen LogP contribution in [0.15, 0.2) is 24.3 Å². The van der Waals surface area contributed by atoms with Crippen molar-refractivity contribution in [2.75, 3.05) is 11.4 Å². The molecule has 5 heteroatoms. The van der Waals surface area contributed by atoms with E-state index >= 15 is 0 Å². The molecule has 18 heavy (non-hydrogen) atoms. The van der Waals surface area contributed by atoms with E-state index in [0.29, 0.717) is 0 Å². The Labute approximate surface area is 111 Å². The highest BCUT2D eigenvalue weighted by Crippen LogP contribution is 2.30. The number of rotatable bonds is 5. The van der Waals surface area contributed by atoms with Gasteiger partial charge in [0.25, 0.3) is 0 Å². The van der Waals surface area contributed by atoms with E-state index in [2.05, 4.69) is 11.3 Å². The van der Waals surface area contributed by atoms with Crippen LogP contribution in [0.3, 0.4) is 0 Å². The molecule has 2 N–H and O–H groups in total. The Kier molecular flexibility index (Phi) is 3.81. The molecule has 4 nitrogen and oxygen atoms in total. The molecule has 0 bridgehead atoms. The molecule has 1 amide bonds. The van der Waals surface area contributed by atoms with Crippen LogP contribution in [0.4, 0.5) is 5.82 Å². The quantitative estimate of drug-likeness (QED) is 0.901. The molecule has 2 aromatic rings. The van der Waals surface area contributed by atoms with Crippen LogP contribution in [-0.4, -0.2) is 22.9 Å². The Hall–Kier alpha value is -1.62. The molecule has 96 valence electrons. The largest absolute Gasteiger partial charge is 0.368 e. The summed E-state index contributed by atoms with van der Waals surface area (Å²) in [6, 6.07) is 7.71. The topological polar surface area (TPSA) is 59.2 Å². The standard InChI is InChI=1S/C13H17N3OS/c1-3-8-16(9(2)12(14)17)13-10-6-4-5-7-11(10)18-15-13/h4-7,9H,3,8H2,1-2H3,(H2,14,17). The fourth-order valence-electron chi connectivity index (χ4n) is 1.96. The van der Waals surface area contributed by atoms with Crippen LogP contribution in [0, 0.1) is 0 Å². The van der Waals surface area contributed by atoms with Gasteiger partial charge in [0.2, 0.25) is 5.91 Å². The van der Waals surface area contributed by atoms with Gasteiger partial charge in [-0.25, -0.2) is 0 Å². The van der Waals surface area contributed by atoms with E-state index in [4.69, 9.17) is 5.73 Å². The Morgan fingerprint density at radius 3 is 2.89 bits per heavy atom. The van der Waals surface area contributed by atoms with E-state index in [9.17, 15) is 4.79 Å². The van der Waals surface area contributed by atoms with Gasteiger partial charge in [0.05, 0.1) is 4.70 Å². The fourth-order valence-corrected chi connectivity index (χ4v) is 2.74. The lowest BCUT2D eigenvalue weighted by Gasteiger charge is -2.27. The summed E-state index contributed by atoms with van der Waals surface area (Å²) in [5.74, 6) is 0.546. The van der Waals surface area contributed by atoms with Gasteiger partial charge in [-0.1, -0.05) is 19.1 Å². The smallest absolute Gasteiger partial charge is 0.239 e. The van der Waals surface area contributed by atoms with Crippen molar-refractivity contribution in [3.05, 3.63) is 24.3 Å². The Morgan fingerprint density at radius 1 is 1.50 bits per heavy atom. The molecule has 1 atom stereocenters. The third kappa shape index (κ3) is 2.31. The zero-order valence-corrected chi connectivity index (χ0v) is 11.4. The molecule has 0 aliphatic carbocycles. The van der Waals surface area contributed by atoms with Crippen molar-refractivity contribution < 1.29 is 4.79 Å². The molecular weight excluding hydrogens is 246 g/mol. The zero-order valence-electron chi connectivity index (χ0n) is 10.6. The molecule has 1 heterocycles. The summed E-state index contributed by atoms with van der Waals surface area (Å²) < 4.78 is 5.61. The lowest BCUT2D eigenvalue weighted by molar-refractivity contribution is -0.118. The number of hydrogen-bond acceptors (Lipinski definition) is 4. The summed E-state index contributed by atoms with van der Waals surface area (Å²) in [6.45, 7) is 4.68. The van der Waals surface area contributed by atoms with Crippen molar-refractivity contribution >= 4 is 33.3 Å². The van der Waals surface area contributed by atoms with E-state index in [1.807, 2.05) is 36.1 Å². The first kappa shape index (κ1) is 12.8. The third-order valence-corrected chi connectivity index (χ3v) is 3.79. The Bertz CT molecular complexity index is 552. The molecule has 0 saturated heterocycles. The number of carbonyl (C=O) groups is 1. The van der Waals surface area contributed by atoms with Gasteiger partial charge in [-0.2, -0.15) is 4.37 Å². The van der Waals surface area contributed by atoms with Gasteiger partial charge in [-0.15, -0.1) is 0 Å². The number of anilines is 1. The van der Waals surface area contributed by atoms with Gasteiger partial charge in [0.15, 0.2) is 5.82 Å². The number of benzene rings is 1. The summed E-state index contributed by atoms with van der Waals surface area (Å²) in [5, 5.41) is 1.09. The maximum absolute atomic E-state index is 11.4. The highest BCUT2D eigenvalue weighted by atomic mass is 32.1. The minimum atomic E-state index is -0.338. The summed E-state index contributed by atoms with van der Waals surface area (Å²) >= 11 is 1.45. The van der Waals surface area contributed by atoms with Crippen LogP contribution in [0.5, 0.6) is 0 Å². The van der Waals surface area contributed by atoms with E-state index in [1.54, 1.807) is 0 Å². The summed E-state index contributed by atoms with van der Waals surface area (Å²) in [6.07, 6.45) is 0.948. The first-order valence-electron chi connectivity index (χ1n) is 6.05. The van der Waals surface area contributed by atoms with E-state index < -0.39 is 0 Å². The molecule has 0 spiro atoms. The summed E-state index contributed by atoms with van der Waals surface area (Å²) in [4.78, 5) is 13.4. The number of amides is 1. The number of hydrogen-bond donors (Lipinski definition) is 1. The molecule has 1 unspecified atom stereocenters. The molecule has 0 aliphatic heterocycles. The van der Waals surface area contributed by atoms with Crippen molar-refractivity contribution in [3.63, 3.8) is 0 Å². The first-order valence-corrected chi connectivity index (χ1v) is 6.83. The molecule has 0 radical (unpaired) electrons. The zero-order chi connectivity index (χ0) is 13.1. The molecule has 1 aromatic carbocycles. The number of aromatic nitrogens is 1. The van der Waals surface area contributed by atoms with Crippen LogP contribution in [0.1, 0.15) is 20.3 Å². The molecule has 0 saturated carbocycles. The van der Waals surface area contributed by atoms with Crippen molar-refractivity contribution in [2.45, 2.75) is 26.3 Å². The van der Waals surface area contributed by atoms with Gasteiger partial charge in [0, 0.05) is 11.9 Å². The second-order valence-corrected chi connectivity index (χ2v) is 5.08. The van der Waals surface area contributed by atoms with Crippen LogP contribution < -0.4 is 10.6 Å². The van der Waals surface area contributed by atoms with Crippen LogP contribution in [0.25, 0.3) is 10.1 Å². The number of nitrogens with two attached hydrogens (primary N) is 1. The van der Waals surface area contributed by atoms with Gasteiger partial charge >= 0.3 is 0 Å². The SMILES string of the molecule is CCCN(c1nsc2ccccc12)C(C)C(N)=O. The average Bonchev–Trinajstić information content (AvgIpc) is 2.79. The van der Waals surface area contributed by atoms with E-state index in [0.717, 1.165) is 28.9 Å². The van der Waals surface area contributed by atoms with Crippen molar-refractivity contribution in [3.8, 4) is 0 Å². The second-order valence-electron chi connectivity index (χ2n) is 4.27. The number of nitrogens with zero attached hydrogens (tertiary/aromatic N) is 2. The van der Waals surface area contributed by atoms with Crippen molar-refractivity contribution in [1.29, 1.82) is 0 Å². The second kappa shape index (κ2) is 5.35. The van der Waals surface area contributed by atoms with E-state index in [1.165, 1.54) is 11.5 Å². The predicted octanol–water partition coefficient (Wildman–Crippen LogP) is 2.39. The van der Waals surface area contributed by atoms with Crippen LogP contribution in [-0.2, 0) is 4.79 Å². The normalized spacial score (nSPS) is 12.6. The van der Waals surface area contributed by atoms with Crippen molar-refractivity contribution in [1.82, 2.24) is 4.37 Å². The minimum absolute atomic E-state index is 0.319. The molecule has 1 aromatic heterocycles. The summed E-state index contributed by atoms with van der Waals surface area (Å²) in [5.41, 5.74) is 5.41. The molecule has 0 aliphatic rings. The Morgan fingerprint density at radius 2 is 2.22 bits per heavy atom. The number of carbonyl (C=O) groups excluding carboxylic acids is 1. The maximum atomic E-state index is 11.4. The Balaban J connectivity index is 2.44. The molecule has 2 rings (SSSR count). The monoisotopic (exact) mass is 263 g/mol. The highest BCUT2D eigenvalue weighted by Gasteiger charge is 2.22. The van der Waals surface area contributed by atoms with Gasteiger partial charge in [-0.05, 0) is 37.0 Å². The predicted molar refractivity (Wildman–Crippen MR) is 75.9 cm³/mol.